The summed E-state index contributed by atoms with van der Waals surface area (Å²) in [5.41, 5.74) is 0.646. The first-order valence-corrected chi connectivity index (χ1v) is 7.78. The van der Waals surface area contributed by atoms with Crippen LogP contribution in [0.3, 0.4) is 0 Å². The van der Waals surface area contributed by atoms with Gasteiger partial charge < -0.3 is 9.53 Å². The molecule has 3 heteroatoms. The van der Waals surface area contributed by atoms with Gasteiger partial charge >= 0.3 is 0 Å². The van der Waals surface area contributed by atoms with E-state index in [4.69, 9.17) is 4.43 Å². The Kier molecular flexibility index (Phi) is 1.82. The Balaban J connectivity index is 2.72. The van der Waals surface area contributed by atoms with E-state index in [0.29, 0.717) is 5.75 Å². The highest BCUT2D eigenvalue weighted by Crippen LogP contribution is 2.39. The molecule has 0 atom stereocenters. The third kappa shape index (κ3) is 1.20. The van der Waals surface area contributed by atoms with E-state index in [9.17, 15) is 5.11 Å². The standard InChI is InChI=1S/C11H16O2Si/c1-11(2)10-8(12)6-5-7-9(10)14(3,4)13-11/h5-7,12H,1-4H3. The van der Waals surface area contributed by atoms with Gasteiger partial charge in [0.2, 0.25) is 8.32 Å². The van der Waals surface area contributed by atoms with Crippen LogP contribution in [0.15, 0.2) is 18.2 Å². The summed E-state index contributed by atoms with van der Waals surface area (Å²) >= 11 is 0. The third-order valence-corrected chi connectivity index (χ3v) is 5.54. The fraction of sp³-hybridized carbons (Fsp3) is 0.455. The van der Waals surface area contributed by atoms with Gasteiger partial charge in [-0.15, -0.1) is 0 Å². The summed E-state index contributed by atoms with van der Waals surface area (Å²) in [6.07, 6.45) is 0. The summed E-state index contributed by atoms with van der Waals surface area (Å²) in [6, 6.07) is 5.71. The molecule has 1 heterocycles. The molecule has 0 radical (unpaired) electrons. The molecule has 0 saturated carbocycles. The fourth-order valence-electron chi connectivity index (χ4n) is 2.42. The number of fused-ring (bicyclic) bond motifs is 1. The first-order chi connectivity index (χ1) is 6.34. The Morgan fingerprint density at radius 1 is 1.29 bits per heavy atom. The maximum atomic E-state index is 9.84. The van der Waals surface area contributed by atoms with Crippen molar-refractivity contribution in [1.29, 1.82) is 0 Å². The zero-order valence-electron chi connectivity index (χ0n) is 9.09. The van der Waals surface area contributed by atoms with Crippen LogP contribution in [0, 0.1) is 0 Å². The molecule has 0 spiro atoms. The largest absolute Gasteiger partial charge is 0.508 e. The maximum Gasteiger partial charge on any atom is 0.219 e. The fourth-order valence-corrected chi connectivity index (χ4v) is 5.44. The van der Waals surface area contributed by atoms with Gasteiger partial charge in [-0.3, -0.25) is 0 Å². The highest BCUT2D eigenvalue weighted by molar-refractivity contribution is 6.85. The molecule has 1 aliphatic rings. The lowest BCUT2D eigenvalue weighted by atomic mass is 9.97. The highest BCUT2D eigenvalue weighted by Gasteiger charge is 2.46. The van der Waals surface area contributed by atoms with Crippen LogP contribution >= 0.6 is 0 Å². The number of phenolic OH excluding ortho intramolecular Hbond substituents is 1. The van der Waals surface area contributed by atoms with Crippen LogP contribution in [0.2, 0.25) is 13.1 Å². The average Bonchev–Trinajstić information content (AvgIpc) is 2.18. The summed E-state index contributed by atoms with van der Waals surface area (Å²) in [4.78, 5) is 0. The molecule has 2 nitrogen and oxygen atoms in total. The van der Waals surface area contributed by atoms with Crippen molar-refractivity contribution in [3.63, 3.8) is 0 Å². The molecule has 1 aliphatic heterocycles. The van der Waals surface area contributed by atoms with Gasteiger partial charge in [-0.1, -0.05) is 12.1 Å². The first-order valence-electron chi connectivity index (χ1n) is 4.88. The minimum absolute atomic E-state index is 0.337. The van der Waals surface area contributed by atoms with E-state index in [-0.39, 0.29) is 5.60 Å². The lowest BCUT2D eigenvalue weighted by Gasteiger charge is -2.24. The van der Waals surface area contributed by atoms with E-state index in [1.807, 2.05) is 19.9 Å². The van der Waals surface area contributed by atoms with Crippen LogP contribution in [0.1, 0.15) is 19.4 Å². The first kappa shape index (κ1) is 9.74. The summed E-state index contributed by atoms with van der Waals surface area (Å²) in [5.74, 6) is 0.366. The Labute approximate surface area is 85.7 Å². The van der Waals surface area contributed by atoms with Crippen molar-refractivity contribution < 1.29 is 9.53 Å². The molecule has 76 valence electrons. The molecule has 0 aromatic heterocycles. The normalized spacial score (nSPS) is 22.0. The zero-order valence-corrected chi connectivity index (χ0v) is 10.1. The average molecular weight is 208 g/mol. The van der Waals surface area contributed by atoms with Crippen molar-refractivity contribution in [3.05, 3.63) is 23.8 Å². The Morgan fingerprint density at radius 3 is 2.50 bits per heavy atom. The molecule has 1 aromatic carbocycles. The SMILES string of the molecule is CC1(C)O[Si](C)(C)c2cccc(O)c21. The van der Waals surface area contributed by atoms with Gasteiger partial charge in [-0.2, -0.15) is 0 Å². The van der Waals surface area contributed by atoms with Crippen molar-refractivity contribution in [1.82, 2.24) is 0 Å². The number of benzene rings is 1. The molecular weight excluding hydrogens is 192 g/mol. The topological polar surface area (TPSA) is 29.5 Å². The van der Waals surface area contributed by atoms with Crippen molar-refractivity contribution in [3.8, 4) is 5.75 Å². The molecular formula is C11H16O2Si. The van der Waals surface area contributed by atoms with Crippen molar-refractivity contribution in [2.24, 2.45) is 0 Å². The monoisotopic (exact) mass is 208 g/mol. The van der Waals surface area contributed by atoms with Gasteiger partial charge in [-0.05, 0) is 38.2 Å². The van der Waals surface area contributed by atoms with Crippen LogP contribution in [-0.4, -0.2) is 13.4 Å². The molecule has 14 heavy (non-hydrogen) atoms. The Hall–Kier alpha value is -0.803. The lowest BCUT2D eigenvalue weighted by Crippen LogP contribution is -2.40. The predicted octanol–water partition coefficient (Wildman–Crippen LogP) is 2.07. The zero-order chi connectivity index (χ0) is 10.6. The van der Waals surface area contributed by atoms with E-state index in [2.05, 4.69) is 19.2 Å². The highest BCUT2D eigenvalue weighted by atomic mass is 28.4. The lowest BCUT2D eigenvalue weighted by molar-refractivity contribution is 0.114. The van der Waals surface area contributed by atoms with Crippen LogP contribution in [-0.2, 0) is 10.0 Å². The minimum Gasteiger partial charge on any atom is -0.508 e. The van der Waals surface area contributed by atoms with Gasteiger partial charge in [0.1, 0.15) is 5.75 Å². The van der Waals surface area contributed by atoms with Crippen LogP contribution in [0.4, 0.5) is 0 Å². The van der Waals surface area contributed by atoms with E-state index in [1.54, 1.807) is 6.07 Å². The second-order valence-electron chi connectivity index (χ2n) is 4.82. The van der Waals surface area contributed by atoms with Gasteiger partial charge in [0.15, 0.2) is 0 Å². The quantitative estimate of drug-likeness (QED) is 0.661. The third-order valence-electron chi connectivity index (χ3n) is 2.80. The maximum absolute atomic E-state index is 9.84. The number of hydrogen-bond donors (Lipinski definition) is 1. The van der Waals surface area contributed by atoms with Crippen LogP contribution in [0.25, 0.3) is 0 Å². The molecule has 0 saturated heterocycles. The number of phenols is 1. The molecule has 0 bridgehead atoms. The Bertz CT molecular complexity index is 383. The summed E-state index contributed by atoms with van der Waals surface area (Å²) < 4.78 is 6.07. The summed E-state index contributed by atoms with van der Waals surface area (Å²) in [6.45, 7) is 8.38. The minimum atomic E-state index is -1.79. The second kappa shape index (κ2) is 2.61. The molecule has 0 amide bonds. The van der Waals surface area contributed by atoms with E-state index >= 15 is 0 Å². The molecule has 0 fully saturated rings. The van der Waals surface area contributed by atoms with E-state index < -0.39 is 8.32 Å². The van der Waals surface area contributed by atoms with Gasteiger partial charge in [-0.25, -0.2) is 0 Å². The number of rotatable bonds is 0. The Morgan fingerprint density at radius 2 is 1.93 bits per heavy atom. The van der Waals surface area contributed by atoms with E-state index in [0.717, 1.165) is 5.56 Å². The van der Waals surface area contributed by atoms with Crippen LogP contribution < -0.4 is 5.19 Å². The van der Waals surface area contributed by atoms with Crippen LogP contribution in [0.5, 0.6) is 5.75 Å². The predicted molar refractivity (Wildman–Crippen MR) is 59.3 cm³/mol. The van der Waals surface area contributed by atoms with Gasteiger partial charge in [0.05, 0.1) is 5.60 Å². The molecule has 0 aliphatic carbocycles. The summed E-state index contributed by atoms with van der Waals surface area (Å²) in [5, 5.41) is 11.1. The van der Waals surface area contributed by atoms with Gasteiger partial charge in [0, 0.05) is 5.56 Å². The molecule has 1 N–H and O–H groups in total. The molecule has 0 unspecified atom stereocenters. The van der Waals surface area contributed by atoms with Crippen molar-refractivity contribution >= 4 is 13.5 Å². The smallest absolute Gasteiger partial charge is 0.219 e. The number of hydrogen-bond acceptors (Lipinski definition) is 2. The summed E-state index contributed by atoms with van der Waals surface area (Å²) in [7, 11) is -1.79. The van der Waals surface area contributed by atoms with E-state index in [1.165, 1.54) is 5.19 Å². The second-order valence-corrected chi connectivity index (χ2v) is 8.59. The number of aromatic hydroxyl groups is 1. The molecule has 2 rings (SSSR count). The molecule has 1 aromatic rings. The van der Waals surface area contributed by atoms with Gasteiger partial charge in [0.25, 0.3) is 0 Å². The van der Waals surface area contributed by atoms with Crippen molar-refractivity contribution in [2.45, 2.75) is 32.5 Å². The van der Waals surface area contributed by atoms with Crippen molar-refractivity contribution in [2.75, 3.05) is 0 Å².